The molecule has 0 fully saturated rings. The van der Waals surface area contributed by atoms with Crippen LogP contribution in [-0.2, 0) is 0 Å². The van der Waals surface area contributed by atoms with Crippen LogP contribution in [-0.4, -0.2) is 29.3 Å². The van der Waals surface area contributed by atoms with E-state index in [9.17, 15) is 0 Å². The number of nitrogens with zero attached hydrogens (tertiary/aromatic N) is 2. The van der Waals surface area contributed by atoms with Gasteiger partial charge in [0.05, 0.1) is 11.9 Å². The smallest absolute Gasteiger partial charge is 0.135 e. The molecule has 0 atom stereocenters. The molecule has 2 aromatic rings. The van der Waals surface area contributed by atoms with Crippen molar-refractivity contribution in [1.82, 2.24) is 15.2 Å². The van der Waals surface area contributed by atoms with Gasteiger partial charge in [0.25, 0.3) is 0 Å². The number of pyridine rings is 1. The van der Waals surface area contributed by atoms with Crippen LogP contribution in [0.15, 0.2) is 19.0 Å². The molecule has 0 aliphatic carbocycles. The second-order valence-electron chi connectivity index (χ2n) is 3.61. The molecule has 3 N–H and O–H groups in total. The highest BCUT2D eigenvalue weighted by Crippen LogP contribution is 2.36. The number of aromatic nitrogens is 3. The summed E-state index contributed by atoms with van der Waals surface area (Å²) in [5.74, 6) is 0.762. The van der Waals surface area contributed by atoms with Gasteiger partial charge in [-0.15, -0.1) is 0 Å². The van der Waals surface area contributed by atoms with Crippen LogP contribution >= 0.6 is 11.6 Å². The summed E-state index contributed by atoms with van der Waals surface area (Å²) in [6.45, 7) is 3.82. The van der Waals surface area contributed by atoms with Gasteiger partial charge >= 0.3 is 0 Å². The van der Waals surface area contributed by atoms with E-state index < -0.39 is 0 Å². The zero-order valence-corrected chi connectivity index (χ0v) is 11.0. The SMILES string of the molecule is C=Cc1c(NC)ncc(-c2cn[nH]c2Cl)c1NC. The predicted octanol–water partition coefficient (Wildman–Crippen LogP) is 2.85. The van der Waals surface area contributed by atoms with Gasteiger partial charge in [-0.1, -0.05) is 24.3 Å². The summed E-state index contributed by atoms with van der Waals surface area (Å²) in [6.07, 6.45) is 5.18. The number of H-pyrrole nitrogens is 1. The van der Waals surface area contributed by atoms with Crippen molar-refractivity contribution in [3.05, 3.63) is 29.7 Å². The molecule has 2 aromatic heterocycles. The highest BCUT2D eigenvalue weighted by molar-refractivity contribution is 6.32. The fraction of sp³-hybridized carbons (Fsp3) is 0.167. The third-order valence-corrected chi connectivity index (χ3v) is 2.98. The van der Waals surface area contributed by atoms with Crippen molar-refractivity contribution >= 4 is 29.2 Å². The Morgan fingerprint density at radius 3 is 2.56 bits per heavy atom. The quantitative estimate of drug-likeness (QED) is 0.794. The molecular formula is C12H14ClN5. The molecule has 0 unspecified atom stereocenters. The summed E-state index contributed by atoms with van der Waals surface area (Å²) < 4.78 is 0. The molecule has 0 saturated heterocycles. The van der Waals surface area contributed by atoms with Crippen LogP contribution in [0.4, 0.5) is 11.5 Å². The number of hydrogen-bond acceptors (Lipinski definition) is 4. The Kier molecular flexibility index (Phi) is 3.53. The maximum Gasteiger partial charge on any atom is 0.135 e. The predicted molar refractivity (Wildman–Crippen MR) is 76.0 cm³/mol. The Hall–Kier alpha value is -2.01. The molecule has 0 aliphatic rings. The maximum absolute atomic E-state index is 6.06. The van der Waals surface area contributed by atoms with E-state index in [0.29, 0.717) is 5.15 Å². The molecule has 0 spiro atoms. The molecule has 0 aliphatic heterocycles. The number of anilines is 2. The first-order valence-electron chi connectivity index (χ1n) is 5.43. The van der Waals surface area contributed by atoms with E-state index in [4.69, 9.17) is 11.6 Å². The zero-order chi connectivity index (χ0) is 13.1. The molecular weight excluding hydrogens is 250 g/mol. The van der Waals surface area contributed by atoms with Crippen molar-refractivity contribution in [2.45, 2.75) is 0 Å². The molecule has 0 saturated carbocycles. The Morgan fingerprint density at radius 1 is 1.28 bits per heavy atom. The molecule has 18 heavy (non-hydrogen) atoms. The van der Waals surface area contributed by atoms with Crippen molar-refractivity contribution in [2.24, 2.45) is 0 Å². The van der Waals surface area contributed by atoms with E-state index in [1.807, 2.05) is 14.1 Å². The largest absolute Gasteiger partial charge is 0.387 e. The first-order chi connectivity index (χ1) is 8.72. The lowest BCUT2D eigenvalue weighted by Gasteiger charge is -2.14. The minimum atomic E-state index is 0.487. The molecule has 2 heterocycles. The molecule has 6 heteroatoms. The van der Waals surface area contributed by atoms with Gasteiger partial charge in [-0.2, -0.15) is 5.10 Å². The van der Waals surface area contributed by atoms with Crippen molar-refractivity contribution in [1.29, 1.82) is 0 Å². The molecule has 2 rings (SSSR count). The number of halogens is 1. The fourth-order valence-electron chi connectivity index (χ4n) is 1.86. The van der Waals surface area contributed by atoms with Crippen molar-refractivity contribution < 1.29 is 0 Å². The van der Waals surface area contributed by atoms with E-state index >= 15 is 0 Å². The van der Waals surface area contributed by atoms with Crippen molar-refractivity contribution in [2.75, 3.05) is 24.7 Å². The summed E-state index contributed by atoms with van der Waals surface area (Å²) in [7, 11) is 3.67. The summed E-state index contributed by atoms with van der Waals surface area (Å²) in [5.41, 5.74) is 3.49. The topological polar surface area (TPSA) is 65.6 Å². The second-order valence-corrected chi connectivity index (χ2v) is 3.99. The van der Waals surface area contributed by atoms with Crippen LogP contribution < -0.4 is 10.6 Å². The lowest BCUT2D eigenvalue weighted by molar-refractivity contribution is 1.09. The number of nitrogens with one attached hydrogen (secondary N) is 3. The lowest BCUT2D eigenvalue weighted by Crippen LogP contribution is -2.02. The Balaban J connectivity index is 2.69. The van der Waals surface area contributed by atoms with Crippen LogP contribution in [0, 0.1) is 0 Å². The monoisotopic (exact) mass is 263 g/mol. The highest BCUT2D eigenvalue weighted by atomic mass is 35.5. The maximum atomic E-state index is 6.06. The normalized spacial score (nSPS) is 10.2. The van der Waals surface area contributed by atoms with Crippen LogP contribution in [0.2, 0.25) is 5.15 Å². The average molecular weight is 264 g/mol. The van der Waals surface area contributed by atoms with Gasteiger partial charge in [0.1, 0.15) is 11.0 Å². The van der Waals surface area contributed by atoms with Crippen LogP contribution in [0.1, 0.15) is 5.56 Å². The van der Waals surface area contributed by atoms with Gasteiger partial charge < -0.3 is 10.6 Å². The molecule has 0 aromatic carbocycles. The molecule has 94 valence electrons. The summed E-state index contributed by atoms with van der Waals surface area (Å²) in [4.78, 5) is 4.35. The third kappa shape index (κ3) is 1.93. The van der Waals surface area contributed by atoms with E-state index in [2.05, 4.69) is 32.4 Å². The number of aromatic amines is 1. The minimum absolute atomic E-state index is 0.487. The molecule has 0 radical (unpaired) electrons. The van der Waals surface area contributed by atoms with Crippen molar-refractivity contribution in [3.63, 3.8) is 0 Å². The Labute approximate surface area is 110 Å². The fourth-order valence-corrected chi connectivity index (χ4v) is 2.06. The molecule has 0 bridgehead atoms. The Morgan fingerprint density at radius 2 is 2.06 bits per heavy atom. The van der Waals surface area contributed by atoms with Gasteiger partial charge in [-0.25, -0.2) is 4.98 Å². The first-order valence-corrected chi connectivity index (χ1v) is 5.80. The Bertz CT molecular complexity index is 576. The van der Waals surface area contributed by atoms with E-state index in [0.717, 1.165) is 28.2 Å². The summed E-state index contributed by atoms with van der Waals surface area (Å²) >= 11 is 6.06. The number of rotatable bonds is 4. The van der Waals surface area contributed by atoms with E-state index in [1.54, 1.807) is 18.5 Å². The summed E-state index contributed by atoms with van der Waals surface area (Å²) in [5, 5.41) is 13.3. The first kappa shape index (κ1) is 12.4. The van der Waals surface area contributed by atoms with Crippen LogP contribution in [0.25, 0.3) is 17.2 Å². The van der Waals surface area contributed by atoms with Gasteiger partial charge in [-0.05, 0) is 0 Å². The second kappa shape index (κ2) is 5.10. The standard InChI is InChI=1S/C12H14ClN5/c1-4-7-10(14-2)8(5-16-12(7)15-3)9-6-17-18-11(9)13/h4-6H,1H2,2-3H3,(H,17,18)(H2,14,15,16). The van der Waals surface area contributed by atoms with Crippen LogP contribution in [0.5, 0.6) is 0 Å². The lowest BCUT2D eigenvalue weighted by atomic mass is 10.1. The third-order valence-electron chi connectivity index (χ3n) is 2.69. The average Bonchev–Trinajstić information content (AvgIpc) is 2.82. The van der Waals surface area contributed by atoms with Gasteiger partial charge in [0.2, 0.25) is 0 Å². The van der Waals surface area contributed by atoms with Gasteiger partial charge in [0.15, 0.2) is 0 Å². The molecule has 0 amide bonds. The van der Waals surface area contributed by atoms with Gasteiger partial charge in [0, 0.05) is 37.0 Å². The number of hydrogen-bond donors (Lipinski definition) is 3. The highest BCUT2D eigenvalue weighted by Gasteiger charge is 2.15. The van der Waals surface area contributed by atoms with E-state index in [1.165, 1.54) is 0 Å². The van der Waals surface area contributed by atoms with Gasteiger partial charge in [-0.3, -0.25) is 5.10 Å². The van der Waals surface area contributed by atoms with Crippen molar-refractivity contribution in [3.8, 4) is 11.1 Å². The van der Waals surface area contributed by atoms with E-state index in [-0.39, 0.29) is 0 Å². The minimum Gasteiger partial charge on any atom is -0.387 e. The zero-order valence-electron chi connectivity index (χ0n) is 10.2. The van der Waals surface area contributed by atoms with Crippen LogP contribution in [0.3, 0.4) is 0 Å². The summed E-state index contributed by atoms with van der Waals surface area (Å²) in [6, 6.07) is 0. The molecule has 5 nitrogen and oxygen atoms in total.